The summed E-state index contributed by atoms with van der Waals surface area (Å²) in [5.74, 6) is 1.52. The minimum Gasteiger partial charge on any atom is -0.379 e. The first kappa shape index (κ1) is 16.3. The molecule has 1 saturated heterocycles. The first-order valence-electron chi connectivity index (χ1n) is 8.53. The standard InChI is InChI=1S/C17H34N2O/c1-5-17(3,4)15-7-6-14(11-18)16(10-15)19-8-9-20-12-13(19)2/h13-16H,5-12,18H2,1-4H3. The van der Waals surface area contributed by atoms with Crippen molar-refractivity contribution in [1.29, 1.82) is 0 Å². The molecule has 3 nitrogen and oxygen atoms in total. The molecule has 0 aromatic carbocycles. The third-order valence-electron chi connectivity index (χ3n) is 6.12. The van der Waals surface area contributed by atoms with Gasteiger partial charge in [-0.05, 0) is 50.0 Å². The number of ether oxygens (including phenoxy) is 1. The summed E-state index contributed by atoms with van der Waals surface area (Å²) in [6.07, 6.45) is 5.26. The Balaban J connectivity index is 2.09. The molecule has 118 valence electrons. The number of hydrogen-bond acceptors (Lipinski definition) is 3. The first-order chi connectivity index (χ1) is 9.49. The van der Waals surface area contributed by atoms with Crippen LogP contribution in [-0.4, -0.2) is 43.3 Å². The summed E-state index contributed by atoms with van der Waals surface area (Å²) in [5, 5.41) is 0. The number of rotatable bonds is 4. The maximum absolute atomic E-state index is 6.07. The Labute approximate surface area is 125 Å². The molecule has 0 bridgehead atoms. The van der Waals surface area contributed by atoms with Crippen LogP contribution in [0.25, 0.3) is 0 Å². The van der Waals surface area contributed by atoms with Gasteiger partial charge in [0.1, 0.15) is 0 Å². The van der Waals surface area contributed by atoms with Gasteiger partial charge in [-0.2, -0.15) is 0 Å². The van der Waals surface area contributed by atoms with E-state index in [1.165, 1.54) is 25.7 Å². The fourth-order valence-electron chi connectivity index (χ4n) is 4.12. The van der Waals surface area contributed by atoms with Crippen molar-refractivity contribution in [3.63, 3.8) is 0 Å². The average molecular weight is 282 g/mol. The lowest BCUT2D eigenvalue weighted by molar-refractivity contribution is -0.0568. The highest BCUT2D eigenvalue weighted by atomic mass is 16.5. The smallest absolute Gasteiger partial charge is 0.0619 e. The van der Waals surface area contributed by atoms with E-state index in [-0.39, 0.29) is 0 Å². The van der Waals surface area contributed by atoms with Crippen LogP contribution in [0.5, 0.6) is 0 Å². The maximum Gasteiger partial charge on any atom is 0.0619 e. The first-order valence-corrected chi connectivity index (χ1v) is 8.53. The molecule has 4 unspecified atom stereocenters. The van der Waals surface area contributed by atoms with E-state index in [4.69, 9.17) is 10.5 Å². The molecule has 4 atom stereocenters. The second-order valence-corrected chi connectivity index (χ2v) is 7.58. The van der Waals surface area contributed by atoms with Crippen LogP contribution in [0.4, 0.5) is 0 Å². The van der Waals surface area contributed by atoms with Crippen LogP contribution in [0.2, 0.25) is 0 Å². The third-order valence-corrected chi connectivity index (χ3v) is 6.12. The second-order valence-electron chi connectivity index (χ2n) is 7.58. The van der Waals surface area contributed by atoms with Gasteiger partial charge < -0.3 is 10.5 Å². The molecule has 2 rings (SSSR count). The Morgan fingerprint density at radius 3 is 2.65 bits per heavy atom. The third kappa shape index (κ3) is 3.37. The van der Waals surface area contributed by atoms with Gasteiger partial charge in [-0.25, -0.2) is 0 Å². The zero-order valence-electron chi connectivity index (χ0n) is 13.9. The van der Waals surface area contributed by atoms with Gasteiger partial charge in [-0.15, -0.1) is 0 Å². The second kappa shape index (κ2) is 6.76. The summed E-state index contributed by atoms with van der Waals surface area (Å²) in [6, 6.07) is 1.22. The van der Waals surface area contributed by atoms with Crippen LogP contribution < -0.4 is 5.73 Å². The normalized spacial score (nSPS) is 37.0. The van der Waals surface area contributed by atoms with Crippen molar-refractivity contribution in [2.24, 2.45) is 23.0 Å². The zero-order valence-corrected chi connectivity index (χ0v) is 13.9. The number of hydrogen-bond donors (Lipinski definition) is 1. The van der Waals surface area contributed by atoms with E-state index >= 15 is 0 Å². The molecule has 2 N–H and O–H groups in total. The van der Waals surface area contributed by atoms with Gasteiger partial charge in [0.25, 0.3) is 0 Å². The van der Waals surface area contributed by atoms with E-state index in [9.17, 15) is 0 Å². The van der Waals surface area contributed by atoms with Crippen molar-refractivity contribution in [1.82, 2.24) is 4.90 Å². The van der Waals surface area contributed by atoms with Crippen molar-refractivity contribution in [2.45, 2.75) is 65.5 Å². The van der Waals surface area contributed by atoms with Crippen molar-refractivity contribution in [3.8, 4) is 0 Å². The molecule has 0 spiro atoms. The summed E-state index contributed by atoms with van der Waals surface area (Å²) in [7, 11) is 0. The molecular formula is C17H34N2O. The van der Waals surface area contributed by atoms with Gasteiger partial charge in [0.15, 0.2) is 0 Å². The van der Waals surface area contributed by atoms with E-state index in [0.717, 1.165) is 32.2 Å². The fourth-order valence-corrected chi connectivity index (χ4v) is 4.12. The van der Waals surface area contributed by atoms with Gasteiger partial charge in [-0.3, -0.25) is 4.90 Å². The number of nitrogens with zero attached hydrogens (tertiary/aromatic N) is 1. The van der Waals surface area contributed by atoms with Crippen molar-refractivity contribution in [2.75, 3.05) is 26.3 Å². The minimum atomic E-state index is 0.466. The van der Waals surface area contributed by atoms with E-state index in [0.29, 0.717) is 23.4 Å². The van der Waals surface area contributed by atoms with Crippen LogP contribution in [0.1, 0.15) is 53.4 Å². The molecule has 1 saturated carbocycles. The molecule has 0 amide bonds. The Kier molecular flexibility index (Phi) is 5.49. The summed E-state index contributed by atoms with van der Waals surface area (Å²) in [5.41, 5.74) is 6.54. The van der Waals surface area contributed by atoms with E-state index in [1.807, 2.05) is 0 Å². The molecule has 2 aliphatic rings. The van der Waals surface area contributed by atoms with Crippen LogP contribution in [0.15, 0.2) is 0 Å². The summed E-state index contributed by atoms with van der Waals surface area (Å²) in [6.45, 7) is 13.2. The van der Waals surface area contributed by atoms with Gasteiger partial charge in [-0.1, -0.05) is 27.2 Å². The van der Waals surface area contributed by atoms with Crippen molar-refractivity contribution >= 4 is 0 Å². The van der Waals surface area contributed by atoms with Crippen LogP contribution >= 0.6 is 0 Å². The average Bonchev–Trinajstić information content (AvgIpc) is 2.47. The quantitative estimate of drug-likeness (QED) is 0.861. The lowest BCUT2D eigenvalue weighted by Gasteiger charge is -2.49. The summed E-state index contributed by atoms with van der Waals surface area (Å²) >= 11 is 0. The molecular weight excluding hydrogens is 248 g/mol. The summed E-state index contributed by atoms with van der Waals surface area (Å²) in [4.78, 5) is 2.69. The van der Waals surface area contributed by atoms with Gasteiger partial charge in [0, 0.05) is 18.6 Å². The van der Waals surface area contributed by atoms with Crippen LogP contribution in [0, 0.1) is 17.3 Å². The predicted molar refractivity (Wildman–Crippen MR) is 84.7 cm³/mol. The Bertz CT molecular complexity index is 305. The fraction of sp³-hybridized carbons (Fsp3) is 1.00. The predicted octanol–water partition coefficient (Wildman–Crippen LogP) is 2.89. The van der Waals surface area contributed by atoms with Crippen molar-refractivity contribution in [3.05, 3.63) is 0 Å². The Morgan fingerprint density at radius 2 is 2.05 bits per heavy atom. The van der Waals surface area contributed by atoms with Crippen LogP contribution in [-0.2, 0) is 4.74 Å². The Hall–Kier alpha value is -0.120. The molecule has 3 heteroatoms. The largest absolute Gasteiger partial charge is 0.379 e. The number of nitrogens with two attached hydrogens (primary N) is 1. The molecule has 0 aromatic rings. The maximum atomic E-state index is 6.07. The van der Waals surface area contributed by atoms with Gasteiger partial charge in [0.2, 0.25) is 0 Å². The molecule has 2 fully saturated rings. The summed E-state index contributed by atoms with van der Waals surface area (Å²) < 4.78 is 5.61. The van der Waals surface area contributed by atoms with E-state index in [1.54, 1.807) is 0 Å². The zero-order chi connectivity index (χ0) is 14.8. The van der Waals surface area contributed by atoms with E-state index < -0.39 is 0 Å². The SMILES string of the molecule is CCC(C)(C)C1CCC(CN)C(N2CCOCC2C)C1. The minimum absolute atomic E-state index is 0.466. The molecule has 1 heterocycles. The highest BCUT2D eigenvalue weighted by Crippen LogP contribution is 2.43. The number of morpholine rings is 1. The molecule has 0 aromatic heterocycles. The molecule has 0 radical (unpaired) electrons. The molecule has 1 aliphatic carbocycles. The molecule has 1 aliphatic heterocycles. The highest BCUT2D eigenvalue weighted by Gasteiger charge is 2.40. The highest BCUT2D eigenvalue weighted by molar-refractivity contribution is 4.93. The van der Waals surface area contributed by atoms with Gasteiger partial charge >= 0.3 is 0 Å². The lowest BCUT2D eigenvalue weighted by atomic mass is 9.65. The lowest BCUT2D eigenvalue weighted by Crippen LogP contribution is -2.55. The Morgan fingerprint density at radius 1 is 1.30 bits per heavy atom. The van der Waals surface area contributed by atoms with Crippen LogP contribution in [0.3, 0.4) is 0 Å². The van der Waals surface area contributed by atoms with Gasteiger partial charge in [0.05, 0.1) is 13.2 Å². The van der Waals surface area contributed by atoms with Crippen molar-refractivity contribution < 1.29 is 4.74 Å². The molecule has 20 heavy (non-hydrogen) atoms. The van der Waals surface area contributed by atoms with E-state index in [2.05, 4.69) is 32.6 Å². The topological polar surface area (TPSA) is 38.5 Å². The monoisotopic (exact) mass is 282 g/mol.